The van der Waals surface area contributed by atoms with E-state index in [1.54, 1.807) is 0 Å². The molecular weight excluding hydrogens is 204 g/mol. The summed E-state index contributed by atoms with van der Waals surface area (Å²) >= 11 is 0. The molecule has 0 unspecified atom stereocenters. The molecule has 3 heteroatoms. The highest BCUT2D eigenvalue weighted by atomic mass is 16.4. The van der Waals surface area contributed by atoms with Crippen molar-refractivity contribution in [3.05, 3.63) is 0 Å². The van der Waals surface area contributed by atoms with Crippen molar-refractivity contribution in [1.29, 1.82) is 0 Å². The summed E-state index contributed by atoms with van der Waals surface area (Å²) in [5.41, 5.74) is 0. The van der Waals surface area contributed by atoms with Gasteiger partial charge in [-0.05, 0) is 6.42 Å². The van der Waals surface area contributed by atoms with Gasteiger partial charge in [-0.1, -0.05) is 58.3 Å². The van der Waals surface area contributed by atoms with E-state index in [4.69, 9.17) is 10.2 Å². The Hall–Kier alpha value is -0.120. The third kappa shape index (κ3) is 9.13. The Balaban J connectivity index is 3.14. The predicted octanol–water partition coefficient (Wildman–Crippen LogP) is 2.23. The summed E-state index contributed by atoms with van der Waals surface area (Å²) in [6, 6.07) is 0. The Morgan fingerprint density at radius 3 is 1.75 bits per heavy atom. The molecule has 0 aromatic carbocycles. The fourth-order valence-corrected chi connectivity index (χ4v) is 1.80. The summed E-state index contributed by atoms with van der Waals surface area (Å²) in [5, 5.41) is 27.1. The summed E-state index contributed by atoms with van der Waals surface area (Å²) in [6.07, 6.45) is 8.67. The van der Waals surface area contributed by atoms with Crippen molar-refractivity contribution in [2.75, 3.05) is 6.61 Å². The highest BCUT2D eigenvalue weighted by Crippen LogP contribution is 2.11. The van der Waals surface area contributed by atoms with Crippen molar-refractivity contribution in [3.8, 4) is 0 Å². The highest BCUT2D eigenvalue weighted by molar-refractivity contribution is 4.65. The van der Waals surface area contributed by atoms with Gasteiger partial charge in [0.25, 0.3) is 0 Å². The quantitative estimate of drug-likeness (QED) is 0.479. The predicted molar refractivity (Wildman–Crippen MR) is 66.3 cm³/mol. The van der Waals surface area contributed by atoms with E-state index < -0.39 is 12.2 Å². The normalized spacial score (nSPS) is 15.0. The lowest BCUT2D eigenvalue weighted by Gasteiger charge is -2.14. The molecule has 0 radical (unpaired) electrons. The summed E-state index contributed by atoms with van der Waals surface area (Å²) < 4.78 is 0. The second kappa shape index (κ2) is 11.4. The van der Waals surface area contributed by atoms with Crippen LogP contribution in [0.3, 0.4) is 0 Å². The molecule has 0 aliphatic rings. The molecule has 0 rings (SSSR count). The van der Waals surface area contributed by atoms with Gasteiger partial charge in [0.2, 0.25) is 0 Å². The largest absolute Gasteiger partial charge is 0.394 e. The Labute approximate surface area is 99.5 Å². The molecule has 0 heterocycles. The van der Waals surface area contributed by atoms with Crippen LogP contribution in [0.2, 0.25) is 0 Å². The van der Waals surface area contributed by atoms with Crippen LogP contribution < -0.4 is 0 Å². The maximum Gasteiger partial charge on any atom is 0.103 e. The van der Waals surface area contributed by atoms with E-state index in [9.17, 15) is 5.11 Å². The number of hydrogen-bond donors (Lipinski definition) is 3. The minimum atomic E-state index is -0.968. The molecule has 0 aromatic heterocycles. The lowest BCUT2D eigenvalue weighted by molar-refractivity contribution is -0.0185. The fourth-order valence-electron chi connectivity index (χ4n) is 1.80. The van der Waals surface area contributed by atoms with Gasteiger partial charge in [-0.15, -0.1) is 0 Å². The van der Waals surface area contributed by atoms with Gasteiger partial charge in [-0.3, -0.25) is 0 Å². The van der Waals surface area contributed by atoms with Gasteiger partial charge in [0.15, 0.2) is 0 Å². The van der Waals surface area contributed by atoms with Crippen LogP contribution in [0.1, 0.15) is 64.7 Å². The second-order valence-electron chi connectivity index (χ2n) is 4.58. The zero-order valence-corrected chi connectivity index (χ0v) is 10.6. The molecule has 2 atom stereocenters. The molecule has 3 N–H and O–H groups in total. The standard InChI is InChI=1S/C13H28O3/c1-2-3-4-5-6-7-8-9-10-12(15)13(16)11-14/h12-16H,2-11H2,1H3/t12-,13-/m1/s1. The van der Waals surface area contributed by atoms with Crippen LogP contribution in [-0.4, -0.2) is 34.1 Å². The van der Waals surface area contributed by atoms with Gasteiger partial charge < -0.3 is 15.3 Å². The molecule has 0 saturated heterocycles. The monoisotopic (exact) mass is 232 g/mol. The Morgan fingerprint density at radius 2 is 1.25 bits per heavy atom. The first-order valence-electron chi connectivity index (χ1n) is 6.69. The van der Waals surface area contributed by atoms with E-state index in [2.05, 4.69) is 6.92 Å². The smallest absolute Gasteiger partial charge is 0.103 e. The van der Waals surface area contributed by atoms with Crippen LogP contribution in [0.25, 0.3) is 0 Å². The topological polar surface area (TPSA) is 60.7 Å². The first kappa shape index (κ1) is 15.9. The molecule has 98 valence electrons. The molecule has 0 aliphatic heterocycles. The maximum atomic E-state index is 9.38. The van der Waals surface area contributed by atoms with E-state index in [0.29, 0.717) is 6.42 Å². The van der Waals surface area contributed by atoms with Crippen LogP contribution in [0.15, 0.2) is 0 Å². The molecule has 16 heavy (non-hydrogen) atoms. The number of aliphatic hydroxyl groups is 3. The number of hydrogen-bond acceptors (Lipinski definition) is 3. The van der Waals surface area contributed by atoms with E-state index in [1.165, 1.54) is 38.5 Å². The highest BCUT2D eigenvalue weighted by Gasteiger charge is 2.13. The third-order valence-corrected chi connectivity index (χ3v) is 2.98. The molecular formula is C13H28O3. The third-order valence-electron chi connectivity index (χ3n) is 2.98. The lowest BCUT2D eigenvalue weighted by atomic mass is 10.0. The SMILES string of the molecule is CCCCCCCCCC[C@@H](O)[C@H](O)CO. The van der Waals surface area contributed by atoms with Gasteiger partial charge in [0, 0.05) is 0 Å². The van der Waals surface area contributed by atoms with Gasteiger partial charge in [-0.2, -0.15) is 0 Å². The summed E-state index contributed by atoms with van der Waals surface area (Å²) in [4.78, 5) is 0. The molecule has 0 aromatic rings. The molecule has 0 saturated carbocycles. The summed E-state index contributed by atoms with van der Waals surface area (Å²) in [6.45, 7) is 1.87. The zero-order chi connectivity index (χ0) is 12.2. The Morgan fingerprint density at radius 1 is 0.750 bits per heavy atom. The van der Waals surface area contributed by atoms with Crippen molar-refractivity contribution < 1.29 is 15.3 Å². The molecule has 0 aliphatic carbocycles. The van der Waals surface area contributed by atoms with Crippen molar-refractivity contribution in [2.24, 2.45) is 0 Å². The Bertz CT molecular complexity index is 139. The van der Waals surface area contributed by atoms with E-state index in [0.717, 1.165) is 12.8 Å². The number of unbranched alkanes of at least 4 members (excludes halogenated alkanes) is 7. The van der Waals surface area contributed by atoms with Gasteiger partial charge >= 0.3 is 0 Å². The van der Waals surface area contributed by atoms with Crippen molar-refractivity contribution in [2.45, 2.75) is 76.9 Å². The molecule has 3 nitrogen and oxygen atoms in total. The van der Waals surface area contributed by atoms with Gasteiger partial charge in [0.05, 0.1) is 12.7 Å². The number of aliphatic hydroxyl groups excluding tert-OH is 3. The summed E-state index contributed by atoms with van der Waals surface area (Å²) in [7, 11) is 0. The fraction of sp³-hybridized carbons (Fsp3) is 1.00. The zero-order valence-electron chi connectivity index (χ0n) is 10.6. The average molecular weight is 232 g/mol. The first-order valence-corrected chi connectivity index (χ1v) is 6.69. The number of rotatable bonds is 11. The lowest BCUT2D eigenvalue weighted by Crippen LogP contribution is -2.28. The van der Waals surface area contributed by atoms with Gasteiger partial charge in [0.1, 0.15) is 6.10 Å². The van der Waals surface area contributed by atoms with Crippen molar-refractivity contribution in [1.82, 2.24) is 0 Å². The average Bonchev–Trinajstić information content (AvgIpc) is 2.31. The van der Waals surface area contributed by atoms with Gasteiger partial charge in [-0.25, -0.2) is 0 Å². The minimum Gasteiger partial charge on any atom is -0.394 e. The second-order valence-corrected chi connectivity index (χ2v) is 4.58. The first-order chi connectivity index (χ1) is 7.72. The van der Waals surface area contributed by atoms with Crippen LogP contribution in [0.5, 0.6) is 0 Å². The van der Waals surface area contributed by atoms with Crippen molar-refractivity contribution in [3.63, 3.8) is 0 Å². The van der Waals surface area contributed by atoms with E-state index in [1.807, 2.05) is 0 Å². The van der Waals surface area contributed by atoms with Crippen LogP contribution in [0.4, 0.5) is 0 Å². The van der Waals surface area contributed by atoms with Crippen LogP contribution >= 0.6 is 0 Å². The van der Waals surface area contributed by atoms with Crippen LogP contribution in [-0.2, 0) is 0 Å². The van der Waals surface area contributed by atoms with Crippen molar-refractivity contribution >= 4 is 0 Å². The Kier molecular flexibility index (Phi) is 11.3. The maximum absolute atomic E-state index is 9.38. The molecule has 0 spiro atoms. The molecule has 0 amide bonds. The molecule has 0 fully saturated rings. The molecule has 0 bridgehead atoms. The van der Waals surface area contributed by atoms with E-state index >= 15 is 0 Å². The van der Waals surface area contributed by atoms with Crippen LogP contribution in [0, 0.1) is 0 Å². The minimum absolute atomic E-state index is 0.349. The van der Waals surface area contributed by atoms with E-state index in [-0.39, 0.29) is 6.61 Å². The summed E-state index contributed by atoms with van der Waals surface area (Å²) in [5.74, 6) is 0.